The highest BCUT2D eigenvalue weighted by Gasteiger charge is 2.37. The molecule has 0 saturated heterocycles. The number of nitrogens with one attached hydrogen (secondary N) is 1. The topological polar surface area (TPSA) is 58.6 Å². The molecule has 7 heteroatoms. The summed E-state index contributed by atoms with van der Waals surface area (Å²) in [5.74, 6) is 0. The van der Waals surface area contributed by atoms with Crippen LogP contribution in [0.2, 0.25) is 0 Å². The Morgan fingerprint density at radius 1 is 1.53 bits per heavy atom. The van der Waals surface area contributed by atoms with E-state index < -0.39 is 14.8 Å². The average molecular weight is 297 g/mol. The first kappa shape index (κ1) is 12.9. The molecule has 0 heterocycles. The largest absolute Gasteiger partial charge is 0.355 e. The Labute approximate surface area is 98.1 Å². The van der Waals surface area contributed by atoms with Gasteiger partial charge in [-0.25, -0.2) is 0 Å². The Morgan fingerprint density at radius 3 is 2.67 bits per heavy atom. The van der Waals surface area contributed by atoms with Gasteiger partial charge in [-0.2, -0.15) is 22.5 Å². The summed E-state index contributed by atoms with van der Waals surface area (Å²) in [4.78, 5) is 0. The fourth-order valence-corrected chi connectivity index (χ4v) is 2.86. The lowest BCUT2D eigenvalue weighted by Gasteiger charge is -2.32. The van der Waals surface area contributed by atoms with Gasteiger partial charge in [0.05, 0.1) is 0 Å². The highest BCUT2D eigenvalue weighted by molar-refractivity contribution is 9.10. The first-order valence-electron chi connectivity index (χ1n) is 4.30. The minimum absolute atomic E-state index is 0.548. The molecule has 0 spiro atoms. The maximum absolute atomic E-state index is 11.6. The van der Waals surface area contributed by atoms with Gasteiger partial charge in [0.25, 0.3) is 0 Å². The van der Waals surface area contributed by atoms with Gasteiger partial charge in [0.15, 0.2) is 0 Å². The van der Waals surface area contributed by atoms with Crippen LogP contribution in [0.15, 0.2) is 24.3 Å². The average Bonchev–Trinajstić information content (AvgIpc) is 2.18. The van der Waals surface area contributed by atoms with Gasteiger partial charge in [0.2, 0.25) is 0 Å². The molecule has 0 aromatic heterocycles. The normalized spacial score (nSPS) is 26.1. The number of hydrogen-bond acceptors (Lipinski definition) is 4. The number of nitrogens with zero attached hydrogens (tertiary/aromatic N) is 1. The summed E-state index contributed by atoms with van der Waals surface area (Å²) in [6.45, 7) is 0. The molecule has 1 unspecified atom stereocenters. The second-order valence-electron chi connectivity index (χ2n) is 3.02. The Morgan fingerprint density at radius 2 is 2.20 bits per heavy atom. The second-order valence-corrected chi connectivity index (χ2v) is 5.97. The predicted molar refractivity (Wildman–Crippen MR) is 61.4 cm³/mol. The van der Waals surface area contributed by atoms with E-state index in [0.29, 0.717) is 6.42 Å². The molecule has 0 radical (unpaired) electrons. The van der Waals surface area contributed by atoms with Crippen molar-refractivity contribution in [3.63, 3.8) is 0 Å². The van der Waals surface area contributed by atoms with Crippen LogP contribution in [0.5, 0.6) is 0 Å². The Balaban J connectivity index is 2.89. The maximum atomic E-state index is 11.6. The van der Waals surface area contributed by atoms with Gasteiger partial charge in [-0.3, -0.25) is 0 Å². The number of allylic oxidation sites excluding steroid dienone is 2. The zero-order valence-electron chi connectivity index (χ0n) is 8.47. The minimum atomic E-state index is -3.78. The first-order valence-corrected chi connectivity index (χ1v) is 6.46. The molecule has 86 valence electrons. The lowest BCUT2D eigenvalue weighted by atomic mass is 10.1. The summed E-state index contributed by atoms with van der Waals surface area (Å²) in [5.41, 5.74) is 2.15. The van der Waals surface area contributed by atoms with E-state index in [0.717, 1.165) is 4.31 Å². The third-order valence-corrected chi connectivity index (χ3v) is 4.78. The molecule has 1 aliphatic carbocycles. The van der Waals surface area contributed by atoms with Crippen LogP contribution in [0.1, 0.15) is 6.42 Å². The molecular weight excluding hydrogens is 284 g/mol. The standard InChI is InChI=1S/C8H13BrN2O3S/c1-10-14-15(12,13)11(2)8(9)6-4-3-5-7-8/h3-6,10H,7H2,1-2H3. The molecule has 1 aliphatic rings. The number of hydrogen-bond donors (Lipinski definition) is 1. The van der Waals surface area contributed by atoms with Gasteiger partial charge < -0.3 is 0 Å². The maximum Gasteiger partial charge on any atom is 0.355 e. The number of rotatable bonds is 4. The van der Waals surface area contributed by atoms with Crippen LogP contribution >= 0.6 is 15.9 Å². The van der Waals surface area contributed by atoms with Crippen LogP contribution in [0.25, 0.3) is 0 Å². The quantitative estimate of drug-likeness (QED) is 0.476. The molecule has 0 aliphatic heterocycles. The van der Waals surface area contributed by atoms with Crippen molar-refractivity contribution in [3.8, 4) is 0 Å². The van der Waals surface area contributed by atoms with Crippen LogP contribution in [0.4, 0.5) is 0 Å². The summed E-state index contributed by atoms with van der Waals surface area (Å²) < 4.78 is 28.0. The van der Waals surface area contributed by atoms with Gasteiger partial charge in [0, 0.05) is 14.1 Å². The Kier molecular flexibility index (Phi) is 4.07. The molecule has 0 aromatic carbocycles. The number of halogens is 1. The minimum Gasteiger partial charge on any atom is -0.186 e. The van der Waals surface area contributed by atoms with Gasteiger partial charge >= 0.3 is 10.3 Å². The summed E-state index contributed by atoms with van der Waals surface area (Å²) in [5, 5.41) is 0. The highest BCUT2D eigenvalue weighted by atomic mass is 79.9. The molecule has 1 atom stereocenters. The molecule has 1 rings (SSSR count). The van der Waals surface area contributed by atoms with Gasteiger partial charge in [0.1, 0.15) is 4.45 Å². The number of hydroxylamine groups is 1. The van der Waals surface area contributed by atoms with Gasteiger partial charge in [-0.1, -0.05) is 40.2 Å². The molecule has 0 bridgehead atoms. The van der Waals surface area contributed by atoms with E-state index in [9.17, 15) is 8.42 Å². The molecule has 15 heavy (non-hydrogen) atoms. The smallest absolute Gasteiger partial charge is 0.186 e. The Bertz CT molecular complexity index is 379. The van der Waals surface area contributed by atoms with Crippen LogP contribution in [0.3, 0.4) is 0 Å². The van der Waals surface area contributed by atoms with E-state index in [-0.39, 0.29) is 0 Å². The van der Waals surface area contributed by atoms with Crippen molar-refractivity contribution in [3.05, 3.63) is 24.3 Å². The Hall–Kier alpha value is -0.210. The number of alkyl halides is 1. The van der Waals surface area contributed by atoms with E-state index in [2.05, 4.69) is 25.7 Å². The fourth-order valence-electron chi connectivity index (χ4n) is 1.16. The number of likely N-dealkylation sites (N-methyl/N-ethyl adjacent to an activating group) is 1. The molecule has 1 N–H and O–H groups in total. The second kappa shape index (κ2) is 4.75. The lowest BCUT2D eigenvalue weighted by molar-refractivity contribution is 0.197. The van der Waals surface area contributed by atoms with Crippen molar-refractivity contribution in [2.75, 3.05) is 14.1 Å². The summed E-state index contributed by atoms with van der Waals surface area (Å²) in [6, 6.07) is 0. The van der Waals surface area contributed by atoms with Gasteiger partial charge in [-0.15, -0.1) is 0 Å². The van der Waals surface area contributed by atoms with Crippen molar-refractivity contribution < 1.29 is 12.7 Å². The predicted octanol–water partition coefficient (Wildman–Crippen LogP) is 0.921. The van der Waals surface area contributed by atoms with Gasteiger partial charge in [-0.05, 0) is 6.42 Å². The molecule has 0 amide bonds. The first-order chi connectivity index (χ1) is 6.92. The molecule has 0 saturated carbocycles. The third kappa shape index (κ3) is 2.88. The summed E-state index contributed by atoms with van der Waals surface area (Å²) in [6.07, 6.45) is 7.82. The van der Waals surface area contributed by atoms with Crippen LogP contribution in [-0.2, 0) is 14.6 Å². The van der Waals surface area contributed by atoms with Crippen molar-refractivity contribution >= 4 is 26.2 Å². The third-order valence-electron chi connectivity index (χ3n) is 2.05. The fraction of sp³-hybridized carbons (Fsp3) is 0.500. The van der Waals surface area contributed by atoms with Crippen molar-refractivity contribution in [1.82, 2.24) is 9.79 Å². The lowest BCUT2D eigenvalue weighted by Crippen LogP contribution is -2.45. The molecule has 0 fully saturated rings. The van der Waals surface area contributed by atoms with Crippen molar-refractivity contribution in [2.45, 2.75) is 10.9 Å². The van der Waals surface area contributed by atoms with Crippen molar-refractivity contribution in [2.24, 2.45) is 0 Å². The molecule has 0 aromatic rings. The summed E-state index contributed by atoms with van der Waals surface area (Å²) >= 11 is 3.37. The SMILES string of the molecule is CNOS(=O)(=O)N(C)C1(Br)C=CC=CC1. The van der Waals surface area contributed by atoms with Crippen LogP contribution in [-0.4, -0.2) is 31.3 Å². The zero-order chi connectivity index (χ0) is 11.5. The van der Waals surface area contributed by atoms with E-state index in [1.807, 2.05) is 12.2 Å². The van der Waals surface area contributed by atoms with Crippen LogP contribution < -0.4 is 5.48 Å². The van der Waals surface area contributed by atoms with Crippen LogP contribution in [0, 0.1) is 0 Å². The monoisotopic (exact) mass is 296 g/mol. The van der Waals surface area contributed by atoms with Crippen molar-refractivity contribution in [1.29, 1.82) is 0 Å². The van der Waals surface area contributed by atoms with E-state index in [4.69, 9.17) is 0 Å². The van der Waals surface area contributed by atoms with E-state index in [1.54, 1.807) is 12.2 Å². The molecule has 5 nitrogen and oxygen atoms in total. The zero-order valence-corrected chi connectivity index (χ0v) is 10.9. The summed E-state index contributed by atoms with van der Waals surface area (Å²) in [7, 11) is -0.937. The molecular formula is C8H13BrN2O3S. The van der Waals surface area contributed by atoms with E-state index >= 15 is 0 Å². The highest BCUT2D eigenvalue weighted by Crippen LogP contribution is 2.32. The van der Waals surface area contributed by atoms with E-state index in [1.165, 1.54) is 14.1 Å².